The van der Waals surface area contributed by atoms with Gasteiger partial charge in [0.2, 0.25) is 0 Å². The highest BCUT2D eigenvalue weighted by Gasteiger charge is 2.34. The number of nitrogens with one attached hydrogen (secondary N) is 1. The SMILES string of the molecule is CCC(C)n1ccc(CC(NC)C2(C)CCCCC2)n1. The van der Waals surface area contributed by atoms with Crippen LogP contribution in [0.15, 0.2) is 12.3 Å². The largest absolute Gasteiger partial charge is 0.316 e. The molecule has 1 N–H and O–H groups in total. The fraction of sp³-hybridized carbons (Fsp3) is 0.824. The summed E-state index contributed by atoms with van der Waals surface area (Å²) in [6, 6.07) is 3.24. The third-order valence-corrected chi connectivity index (χ3v) is 5.30. The van der Waals surface area contributed by atoms with Gasteiger partial charge in [-0.15, -0.1) is 0 Å². The van der Waals surface area contributed by atoms with Crippen LogP contribution in [0.4, 0.5) is 0 Å². The monoisotopic (exact) mass is 277 g/mol. The Hall–Kier alpha value is -0.830. The third kappa shape index (κ3) is 3.43. The van der Waals surface area contributed by atoms with Crippen LogP contribution in [0.2, 0.25) is 0 Å². The summed E-state index contributed by atoms with van der Waals surface area (Å²) in [5, 5.41) is 8.34. The van der Waals surface area contributed by atoms with Crippen LogP contribution >= 0.6 is 0 Å². The number of hydrogen-bond acceptors (Lipinski definition) is 2. The maximum Gasteiger partial charge on any atom is 0.0640 e. The molecule has 0 bridgehead atoms. The van der Waals surface area contributed by atoms with Gasteiger partial charge >= 0.3 is 0 Å². The van der Waals surface area contributed by atoms with Gasteiger partial charge in [0.05, 0.1) is 5.69 Å². The number of aromatic nitrogens is 2. The van der Waals surface area contributed by atoms with Gasteiger partial charge in [-0.3, -0.25) is 4.68 Å². The smallest absolute Gasteiger partial charge is 0.0640 e. The molecule has 1 aromatic rings. The van der Waals surface area contributed by atoms with E-state index in [9.17, 15) is 0 Å². The summed E-state index contributed by atoms with van der Waals surface area (Å²) < 4.78 is 2.12. The summed E-state index contributed by atoms with van der Waals surface area (Å²) in [7, 11) is 2.11. The zero-order valence-corrected chi connectivity index (χ0v) is 13.7. The number of hydrogen-bond donors (Lipinski definition) is 1. The second kappa shape index (κ2) is 6.75. The van der Waals surface area contributed by atoms with Crippen LogP contribution in [-0.4, -0.2) is 22.9 Å². The molecule has 0 amide bonds. The second-order valence-corrected chi connectivity index (χ2v) is 6.80. The van der Waals surface area contributed by atoms with E-state index in [0.29, 0.717) is 17.5 Å². The molecule has 0 saturated heterocycles. The number of nitrogens with zero attached hydrogens (tertiary/aromatic N) is 2. The van der Waals surface area contributed by atoms with Crippen molar-refractivity contribution in [2.45, 2.75) is 77.8 Å². The molecule has 2 rings (SSSR count). The normalized spacial score (nSPS) is 21.6. The van der Waals surface area contributed by atoms with Gasteiger partial charge in [-0.1, -0.05) is 33.1 Å². The molecule has 20 heavy (non-hydrogen) atoms. The van der Waals surface area contributed by atoms with Crippen molar-refractivity contribution in [2.75, 3.05) is 7.05 Å². The average molecular weight is 277 g/mol. The van der Waals surface area contributed by atoms with Gasteiger partial charge in [-0.2, -0.15) is 5.10 Å². The molecule has 2 atom stereocenters. The van der Waals surface area contributed by atoms with E-state index in [1.807, 2.05) is 0 Å². The molecular formula is C17H31N3. The Balaban J connectivity index is 2.04. The van der Waals surface area contributed by atoms with Gasteiger partial charge in [0, 0.05) is 24.7 Å². The van der Waals surface area contributed by atoms with Crippen molar-refractivity contribution in [2.24, 2.45) is 5.41 Å². The van der Waals surface area contributed by atoms with Crippen LogP contribution in [0, 0.1) is 5.41 Å². The Morgan fingerprint density at radius 1 is 1.35 bits per heavy atom. The first-order valence-corrected chi connectivity index (χ1v) is 8.30. The highest BCUT2D eigenvalue weighted by Crippen LogP contribution is 2.39. The molecule has 1 aliphatic carbocycles. The standard InChI is InChI=1S/C17H31N3/c1-5-14(2)20-12-9-15(19-20)13-16(18-4)17(3)10-7-6-8-11-17/h9,12,14,16,18H,5-8,10-11,13H2,1-4H3. The number of likely N-dealkylation sites (N-methyl/N-ethyl adjacent to an activating group) is 1. The van der Waals surface area contributed by atoms with Crippen LogP contribution in [0.3, 0.4) is 0 Å². The maximum absolute atomic E-state index is 4.77. The van der Waals surface area contributed by atoms with E-state index in [4.69, 9.17) is 5.10 Å². The molecule has 3 nitrogen and oxygen atoms in total. The van der Waals surface area contributed by atoms with E-state index in [1.54, 1.807) is 0 Å². The fourth-order valence-electron chi connectivity index (χ4n) is 3.53. The lowest BCUT2D eigenvalue weighted by molar-refractivity contribution is 0.148. The average Bonchev–Trinajstić information content (AvgIpc) is 2.93. The van der Waals surface area contributed by atoms with Crippen molar-refractivity contribution < 1.29 is 0 Å². The van der Waals surface area contributed by atoms with Crippen LogP contribution in [0.5, 0.6) is 0 Å². The molecule has 0 spiro atoms. The first kappa shape index (κ1) is 15.6. The summed E-state index contributed by atoms with van der Waals surface area (Å²) >= 11 is 0. The molecule has 0 radical (unpaired) electrons. The number of rotatable bonds is 6. The van der Waals surface area contributed by atoms with E-state index in [0.717, 1.165) is 12.8 Å². The van der Waals surface area contributed by atoms with Crippen molar-refractivity contribution in [3.63, 3.8) is 0 Å². The second-order valence-electron chi connectivity index (χ2n) is 6.80. The van der Waals surface area contributed by atoms with Crippen molar-refractivity contribution in [3.05, 3.63) is 18.0 Å². The van der Waals surface area contributed by atoms with Crippen molar-refractivity contribution >= 4 is 0 Å². The Labute approximate surface area is 124 Å². The van der Waals surface area contributed by atoms with E-state index < -0.39 is 0 Å². The van der Waals surface area contributed by atoms with Gasteiger partial charge in [-0.25, -0.2) is 0 Å². The minimum Gasteiger partial charge on any atom is -0.316 e. The zero-order valence-electron chi connectivity index (χ0n) is 13.7. The maximum atomic E-state index is 4.77. The molecule has 1 saturated carbocycles. The quantitative estimate of drug-likeness (QED) is 0.853. The van der Waals surface area contributed by atoms with E-state index in [2.05, 4.69) is 50.1 Å². The minimum atomic E-state index is 0.438. The molecule has 1 heterocycles. The van der Waals surface area contributed by atoms with Crippen molar-refractivity contribution in [1.29, 1.82) is 0 Å². The summed E-state index contributed by atoms with van der Waals surface area (Å²) in [5.74, 6) is 0. The van der Waals surface area contributed by atoms with Crippen molar-refractivity contribution in [1.82, 2.24) is 15.1 Å². The van der Waals surface area contributed by atoms with E-state index >= 15 is 0 Å². The first-order valence-electron chi connectivity index (χ1n) is 8.30. The van der Waals surface area contributed by atoms with Gasteiger partial charge in [0.25, 0.3) is 0 Å². The van der Waals surface area contributed by atoms with Gasteiger partial charge in [-0.05, 0) is 44.7 Å². The minimum absolute atomic E-state index is 0.438. The van der Waals surface area contributed by atoms with Gasteiger partial charge in [0.15, 0.2) is 0 Å². The Bertz CT molecular complexity index is 404. The fourth-order valence-corrected chi connectivity index (χ4v) is 3.53. The van der Waals surface area contributed by atoms with Gasteiger partial charge < -0.3 is 5.32 Å². The van der Waals surface area contributed by atoms with Crippen LogP contribution in [0.25, 0.3) is 0 Å². The first-order chi connectivity index (χ1) is 9.59. The molecule has 3 heteroatoms. The lowest BCUT2D eigenvalue weighted by Gasteiger charge is -2.40. The summed E-state index contributed by atoms with van der Waals surface area (Å²) in [6.45, 7) is 6.90. The zero-order chi connectivity index (χ0) is 14.6. The lowest BCUT2D eigenvalue weighted by atomic mass is 9.69. The summed E-state index contributed by atoms with van der Waals surface area (Å²) in [5.41, 5.74) is 1.67. The predicted octanol–water partition coefficient (Wildman–Crippen LogP) is 3.96. The molecule has 0 aliphatic heterocycles. The highest BCUT2D eigenvalue weighted by molar-refractivity contribution is 5.05. The van der Waals surface area contributed by atoms with Crippen LogP contribution in [-0.2, 0) is 6.42 Å². The van der Waals surface area contributed by atoms with Gasteiger partial charge in [0.1, 0.15) is 0 Å². The van der Waals surface area contributed by atoms with Crippen LogP contribution < -0.4 is 5.32 Å². The molecule has 114 valence electrons. The molecule has 1 aromatic heterocycles. The van der Waals surface area contributed by atoms with Crippen molar-refractivity contribution in [3.8, 4) is 0 Å². The molecule has 1 aliphatic rings. The third-order valence-electron chi connectivity index (χ3n) is 5.30. The molecular weight excluding hydrogens is 246 g/mol. The van der Waals surface area contributed by atoms with E-state index in [-0.39, 0.29) is 0 Å². The Kier molecular flexibility index (Phi) is 5.25. The predicted molar refractivity (Wildman–Crippen MR) is 85.0 cm³/mol. The Morgan fingerprint density at radius 3 is 2.65 bits per heavy atom. The summed E-state index contributed by atoms with van der Waals surface area (Å²) in [4.78, 5) is 0. The van der Waals surface area contributed by atoms with Crippen LogP contribution in [0.1, 0.15) is 71.0 Å². The summed E-state index contributed by atoms with van der Waals surface area (Å²) in [6.07, 6.45) is 11.2. The lowest BCUT2D eigenvalue weighted by Crippen LogP contribution is -2.44. The highest BCUT2D eigenvalue weighted by atomic mass is 15.3. The van der Waals surface area contributed by atoms with E-state index in [1.165, 1.54) is 37.8 Å². The topological polar surface area (TPSA) is 29.9 Å². The molecule has 0 aromatic carbocycles. The molecule has 1 fully saturated rings. The Morgan fingerprint density at radius 2 is 2.05 bits per heavy atom. The molecule has 2 unspecified atom stereocenters.